The number of nitro groups is 2. The Kier molecular flexibility index (Phi) is 7.17. The molecule has 1 heterocycles. The third kappa shape index (κ3) is 6.36. The Hall–Kier alpha value is 0.590. The van der Waals surface area contributed by atoms with Gasteiger partial charge in [-0.05, 0) is 0 Å². The zero-order valence-electron chi connectivity index (χ0n) is 8.74. The van der Waals surface area contributed by atoms with Crippen LogP contribution in [0.3, 0.4) is 0 Å². The van der Waals surface area contributed by atoms with Gasteiger partial charge in [0.05, 0.1) is 0 Å². The molecule has 0 aromatic carbocycles. The summed E-state index contributed by atoms with van der Waals surface area (Å²) in [6, 6.07) is 0. The van der Waals surface area contributed by atoms with Crippen LogP contribution in [0.25, 0.3) is 0 Å². The third-order valence-corrected chi connectivity index (χ3v) is 12.3. The van der Waals surface area contributed by atoms with Crippen LogP contribution in [0.1, 0.15) is 12.8 Å². The molecule has 1 fully saturated rings. The fraction of sp³-hybridized carbons (Fsp3) is 1.00. The van der Waals surface area contributed by atoms with Crippen molar-refractivity contribution in [2.24, 2.45) is 0 Å². The van der Waals surface area contributed by atoms with Crippen molar-refractivity contribution in [3.8, 4) is 0 Å². The molecule has 2 atom stereocenters. The minimum atomic E-state index is -2.03. The minimum absolute atomic E-state index is 0.143. The fourth-order valence-electron chi connectivity index (χ4n) is 1.51. The summed E-state index contributed by atoms with van der Waals surface area (Å²) in [5, 5.41) is 20.5. The van der Waals surface area contributed by atoms with Crippen LogP contribution in [0.15, 0.2) is 0 Å². The Morgan fingerprint density at radius 2 is 1.38 bits per heavy atom. The Bertz CT molecular complexity index is 231. The van der Waals surface area contributed by atoms with Crippen molar-refractivity contribution in [2.75, 3.05) is 0 Å². The summed E-state index contributed by atoms with van der Waals surface area (Å²) in [5.41, 5.74) is 0. The molecule has 1 aliphatic heterocycles. The van der Waals surface area contributed by atoms with E-state index < -0.39 is 49.8 Å². The summed E-state index contributed by atoms with van der Waals surface area (Å²) in [4.78, 5) is 30.5. The van der Waals surface area contributed by atoms with Crippen LogP contribution < -0.4 is 0 Å². The molecule has 0 saturated carbocycles. The van der Waals surface area contributed by atoms with Crippen LogP contribution in [0.5, 0.6) is 0 Å². The normalized spacial score (nSPS) is 24.2. The summed E-state index contributed by atoms with van der Waals surface area (Å²) in [6.45, 7) is 0. The first-order valence-corrected chi connectivity index (χ1v) is 17.8. The molecule has 0 aromatic heterocycles. The van der Waals surface area contributed by atoms with E-state index in [0.717, 1.165) is 12.8 Å². The molecule has 16 heavy (non-hydrogen) atoms. The van der Waals surface area contributed by atoms with Crippen LogP contribution in [0.4, 0.5) is 0 Å². The van der Waals surface area contributed by atoms with Gasteiger partial charge in [-0.3, -0.25) is 0 Å². The summed E-state index contributed by atoms with van der Waals surface area (Å²) in [5.74, 6) is 0. The molecule has 1 aliphatic rings. The van der Waals surface area contributed by atoms with Gasteiger partial charge in [0.15, 0.2) is 0 Å². The second-order valence-electron chi connectivity index (χ2n) is 3.70. The van der Waals surface area contributed by atoms with Crippen molar-refractivity contribution in [3.63, 3.8) is 0 Å². The van der Waals surface area contributed by atoms with Crippen molar-refractivity contribution in [2.45, 2.75) is 32.9 Å². The molecule has 0 bridgehead atoms. The SMILES string of the molecule is O=[N+]([O-])[Hg][CH2]C1CCC([CH2][Hg][N+](=O)[O-])OO1. The molecule has 0 aromatic rings. The van der Waals surface area contributed by atoms with E-state index in [1.807, 2.05) is 0 Å². The van der Waals surface area contributed by atoms with E-state index in [1.165, 1.54) is 0 Å². The van der Waals surface area contributed by atoms with Gasteiger partial charge >= 0.3 is 118 Å². The second-order valence-corrected chi connectivity index (χ2v) is 15.7. The van der Waals surface area contributed by atoms with E-state index in [2.05, 4.69) is 0 Å². The van der Waals surface area contributed by atoms with Gasteiger partial charge in [0.1, 0.15) is 0 Å². The molecule has 0 N–H and O–H groups in total. The van der Waals surface area contributed by atoms with Gasteiger partial charge < -0.3 is 0 Å². The molecule has 0 aliphatic carbocycles. The average molecular weight is 607 g/mol. The van der Waals surface area contributed by atoms with E-state index in [1.54, 1.807) is 0 Å². The third-order valence-electron chi connectivity index (χ3n) is 2.41. The zero-order valence-corrected chi connectivity index (χ0v) is 19.7. The van der Waals surface area contributed by atoms with Gasteiger partial charge in [0.2, 0.25) is 0 Å². The molecule has 8 nitrogen and oxygen atoms in total. The summed E-state index contributed by atoms with van der Waals surface area (Å²) < 4.78 is 0.775. The second kappa shape index (κ2) is 7.83. The van der Waals surface area contributed by atoms with Gasteiger partial charge in [0.25, 0.3) is 0 Å². The van der Waals surface area contributed by atoms with Crippen LogP contribution in [-0.4, -0.2) is 17.6 Å². The maximum atomic E-state index is 10.2. The summed E-state index contributed by atoms with van der Waals surface area (Å²) in [7, 11) is 0. The van der Waals surface area contributed by atoms with Crippen molar-refractivity contribution >= 4 is 0 Å². The van der Waals surface area contributed by atoms with Gasteiger partial charge in [-0.1, -0.05) is 0 Å². The maximum absolute atomic E-state index is 10.2. The first-order valence-electron chi connectivity index (χ1n) is 5.13. The number of nitrogens with zero attached hydrogens (tertiary/aromatic N) is 2. The van der Waals surface area contributed by atoms with Crippen molar-refractivity contribution in [1.29, 1.82) is 0 Å². The standard InChI is InChI=1S/C6H10O2.2Hg.2NO2/c1-5-3-4-6(2)8-7-5;;;2*2-1-3/h5-6H,1-4H2;;;;. The van der Waals surface area contributed by atoms with Crippen LogP contribution in [0, 0.1) is 20.2 Å². The van der Waals surface area contributed by atoms with Gasteiger partial charge in [-0.25, -0.2) is 0 Å². The van der Waals surface area contributed by atoms with E-state index in [9.17, 15) is 20.2 Å². The molecule has 0 radical (unpaired) electrons. The molecule has 1 rings (SSSR count). The van der Waals surface area contributed by atoms with Gasteiger partial charge in [-0.2, -0.15) is 0 Å². The first-order chi connectivity index (χ1) is 7.58. The quantitative estimate of drug-likeness (QED) is 0.192. The van der Waals surface area contributed by atoms with Gasteiger partial charge in [0, 0.05) is 0 Å². The van der Waals surface area contributed by atoms with E-state index in [0.29, 0.717) is 7.86 Å². The molecule has 2 unspecified atom stereocenters. The predicted molar refractivity (Wildman–Crippen MR) is 42.6 cm³/mol. The Morgan fingerprint density at radius 3 is 1.62 bits per heavy atom. The molecular formula is C6H10Hg2N2O6. The summed E-state index contributed by atoms with van der Waals surface area (Å²) in [6.07, 6.45) is 1.19. The van der Waals surface area contributed by atoms with Crippen LogP contribution in [0.2, 0.25) is 7.86 Å². The Labute approximate surface area is 117 Å². The first kappa shape index (κ1) is 14.7. The number of rotatable bonds is 6. The molecular weight excluding hydrogens is 597 g/mol. The molecule has 0 amide bonds. The van der Waals surface area contributed by atoms with Gasteiger partial charge in [-0.15, -0.1) is 0 Å². The molecule has 10 heteroatoms. The van der Waals surface area contributed by atoms with Crippen LogP contribution in [-0.2, 0) is 59.5 Å². The van der Waals surface area contributed by atoms with E-state index >= 15 is 0 Å². The van der Waals surface area contributed by atoms with Crippen molar-refractivity contribution in [1.82, 2.24) is 0 Å². The zero-order chi connectivity index (χ0) is 12.0. The van der Waals surface area contributed by atoms with Crippen molar-refractivity contribution in [3.05, 3.63) is 20.2 Å². The van der Waals surface area contributed by atoms with E-state index in [-0.39, 0.29) is 17.6 Å². The topological polar surface area (TPSA) is 105 Å². The number of hydrogen-bond acceptors (Lipinski definition) is 6. The van der Waals surface area contributed by atoms with E-state index in [4.69, 9.17) is 9.78 Å². The Balaban J connectivity index is 2.13. The Morgan fingerprint density at radius 1 is 1.00 bits per heavy atom. The predicted octanol–water partition coefficient (Wildman–Crippen LogP) is 0.851. The number of hydrogen-bond donors (Lipinski definition) is 0. The van der Waals surface area contributed by atoms with Crippen LogP contribution >= 0.6 is 0 Å². The molecule has 0 spiro atoms. The fourth-order valence-corrected chi connectivity index (χ4v) is 8.38. The molecule has 1 saturated heterocycles. The monoisotopic (exact) mass is 610 g/mol. The summed E-state index contributed by atoms with van der Waals surface area (Å²) >= 11 is -4.06. The van der Waals surface area contributed by atoms with Crippen molar-refractivity contribution < 1.29 is 64.9 Å². The average Bonchev–Trinajstić information content (AvgIpc) is 2.25. The molecule has 84 valence electrons.